The van der Waals surface area contributed by atoms with Gasteiger partial charge < -0.3 is 5.32 Å². The quantitative estimate of drug-likeness (QED) is 0.586. The summed E-state index contributed by atoms with van der Waals surface area (Å²) in [5, 5.41) is 3.05. The van der Waals surface area contributed by atoms with Crippen molar-refractivity contribution in [3.8, 4) is 0 Å². The summed E-state index contributed by atoms with van der Waals surface area (Å²) in [5.74, 6) is 0.546. The molecule has 0 aromatic rings. The Balaban J connectivity index is 3.21. The predicted molar refractivity (Wildman–Crippen MR) is 43.0 cm³/mol. The normalized spacial score (nSPS) is 13.1. The number of carbonyl (C=O) groups excluding carboxylic acids is 1. The van der Waals surface area contributed by atoms with Crippen LogP contribution in [0, 0.1) is 5.92 Å². The summed E-state index contributed by atoms with van der Waals surface area (Å²) in [5.41, 5.74) is 0. The van der Waals surface area contributed by atoms with Gasteiger partial charge in [-0.3, -0.25) is 4.79 Å². The largest absolute Gasteiger partial charge is 0.320 e. The minimum atomic E-state index is 0.244. The summed E-state index contributed by atoms with van der Waals surface area (Å²) >= 11 is 0. The molecule has 0 spiro atoms. The summed E-state index contributed by atoms with van der Waals surface area (Å²) in [7, 11) is 1.93. The number of ketones is 1. The first-order chi connectivity index (χ1) is 4.68. The van der Waals surface area contributed by atoms with Gasteiger partial charge in [0.15, 0.2) is 0 Å². The monoisotopic (exact) mass is 143 g/mol. The molecule has 0 aliphatic carbocycles. The van der Waals surface area contributed by atoms with Crippen LogP contribution in [0.3, 0.4) is 0 Å². The Kier molecular flexibility index (Phi) is 5.22. The Labute approximate surface area is 63.0 Å². The second kappa shape index (κ2) is 5.42. The fourth-order valence-corrected chi connectivity index (χ4v) is 0.788. The average Bonchev–Trinajstić information content (AvgIpc) is 1.88. The van der Waals surface area contributed by atoms with Crippen LogP contribution in [0.25, 0.3) is 0 Å². The van der Waals surface area contributed by atoms with Crippen LogP contribution in [0.15, 0.2) is 0 Å². The van der Waals surface area contributed by atoms with Crippen molar-refractivity contribution >= 4 is 5.78 Å². The Morgan fingerprint density at radius 2 is 2.20 bits per heavy atom. The van der Waals surface area contributed by atoms with Gasteiger partial charge in [0.25, 0.3) is 0 Å². The van der Waals surface area contributed by atoms with E-state index in [1.165, 1.54) is 0 Å². The van der Waals surface area contributed by atoms with E-state index in [-0.39, 0.29) is 5.92 Å². The van der Waals surface area contributed by atoms with Gasteiger partial charge in [-0.1, -0.05) is 6.92 Å². The van der Waals surface area contributed by atoms with Crippen LogP contribution in [-0.4, -0.2) is 19.4 Å². The van der Waals surface area contributed by atoms with Crippen LogP contribution >= 0.6 is 0 Å². The smallest absolute Gasteiger partial charge is 0.132 e. The standard InChI is InChI=1S/C8H17NO/c1-7(8(2)10)5-4-6-9-3/h7,9H,4-6H2,1-3H3. The molecule has 1 unspecified atom stereocenters. The topological polar surface area (TPSA) is 29.1 Å². The van der Waals surface area contributed by atoms with Crippen molar-refractivity contribution in [2.45, 2.75) is 26.7 Å². The SMILES string of the molecule is CNCCCC(C)C(C)=O. The van der Waals surface area contributed by atoms with Gasteiger partial charge in [-0.15, -0.1) is 0 Å². The molecular weight excluding hydrogens is 126 g/mol. The van der Waals surface area contributed by atoms with Gasteiger partial charge in [0, 0.05) is 5.92 Å². The van der Waals surface area contributed by atoms with E-state index < -0.39 is 0 Å². The fraction of sp³-hybridized carbons (Fsp3) is 0.875. The van der Waals surface area contributed by atoms with E-state index in [0.29, 0.717) is 5.78 Å². The lowest BCUT2D eigenvalue weighted by Crippen LogP contribution is -2.12. The number of hydrogen-bond acceptors (Lipinski definition) is 2. The molecule has 0 fully saturated rings. The fourth-order valence-electron chi connectivity index (χ4n) is 0.788. The lowest BCUT2D eigenvalue weighted by Gasteiger charge is -2.05. The van der Waals surface area contributed by atoms with E-state index in [0.717, 1.165) is 19.4 Å². The van der Waals surface area contributed by atoms with Crippen molar-refractivity contribution in [2.75, 3.05) is 13.6 Å². The number of carbonyl (C=O) groups is 1. The van der Waals surface area contributed by atoms with Crippen LogP contribution < -0.4 is 5.32 Å². The maximum absolute atomic E-state index is 10.7. The maximum atomic E-state index is 10.7. The van der Waals surface area contributed by atoms with E-state index >= 15 is 0 Å². The molecule has 10 heavy (non-hydrogen) atoms. The zero-order chi connectivity index (χ0) is 7.98. The van der Waals surface area contributed by atoms with E-state index in [2.05, 4.69) is 5.32 Å². The minimum absolute atomic E-state index is 0.244. The third kappa shape index (κ3) is 4.50. The summed E-state index contributed by atoms with van der Waals surface area (Å²) in [6.45, 7) is 4.65. The van der Waals surface area contributed by atoms with E-state index in [4.69, 9.17) is 0 Å². The Bertz CT molecular complexity index is 101. The summed E-state index contributed by atoms with van der Waals surface area (Å²) in [6, 6.07) is 0. The molecule has 2 nitrogen and oxygen atoms in total. The molecule has 1 N–H and O–H groups in total. The zero-order valence-corrected chi connectivity index (χ0v) is 7.11. The molecule has 0 rings (SSSR count). The first-order valence-corrected chi connectivity index (χ1v) is 3.83. The Morgan fingerprint density at radius 3 is 2.60 bits per heavy atom. The molecule has 0 bridgehead atoms. The van der Waals surface area contributed by atoms with Crippen LogP contribution in [0.5, 0.6) is 0 Å². The average molecular weight is 143 g/mol. The highest BCUT2D eigenvalue weighted by Gasteiger charge is 2.05. The number of nitrogens with one attached hydrogen (secondary N) is 1. The van der Waals surface area contributed by atoms with Gasteiger partial charge in [-0.25, -0.2) is 0 Å². The van der Waals surface area contributed by atoms with Crippen molar-refractivity contribution in [1.82, 2.24) is 5.32 Å². The summed E-state index contributed by atoms with van der Waals surface area (Å²) < 4.78 is 0. The number of hydrogen-bond donors (Lipinski definition) is 1. The van der Waals surface area contributed by atoms with Crippen molar-refractivity contribution in [3.05, 3.63) is 0 Å². The third-order valence-corrected chi connectivity index (χ3v) is 1.76. The first-order valence-electron chi connectivity index (χ1n) is 3.83. The number of rotatable bonds is 5. The van der Waals surface area contributed by atoms with Gasteiger partial charge in [0.05, 0.1) is 0 Å². The molecule has 0 saturated heterocycles. The van der Waals surface area contributed by atoms with Gasteiger partial charge in [0.1, 0.15) is 5.78 Å². The van der Waals surface area contributed by atoms with Crippen LogP contribution in [-0.2, 0) is 4.79 Å². The third-order valence-electron chi connectivity index (χ3n) is 1.76. The van der Waals surface area contributed by atoms with Crippen LogP contribution in [0.2, 0.25) is 0 Å². The molecule has 0 aromatic carbocycles. The second-order valence-corrected chi connectivity index (χ2v) is 2.76. The molecule has 0 aliphatic rings. The summed E-state index contributed by atoms with van der Waals surface area (Å²) in [6.07, 6.45) is 2.10. The zero-order valence-electron chi connectivity index (χ0n) is 7.11. The highest BCUT2D eigenvalue weighted by atomic mass is 16.1. The number of Topliss-reactive ketones (excluding diaryl/α,β-unsaturated/α-hetero) is 1. The lowest BCUT2D eigenvalue weighted by molar-refractivity contribution is -0.120. The van der Waals surface area contributed by atoms with Gasteiger partial charge in [0.2, 0.25) is 0 Å². The molecule has 2 heteroatoms. The highest BCUT2D eigenvalue weighted by molar-refractivity contribution is 5.77. The molecule has 60 valence electrons. The lowest BCUT2D eigenvalue weighted by atomic mass is 10.0. The second-order valence-electron chi connectivity index (χ2n) is 2.76. The highest BCUT2D eigenvalue weighted by Crippen LogP contribution is 2.04. The molecule has 1 atom stereocenters. The van der Waals surface area contributed by atoms with Gasteiger partial charge in [-0.05, 0) is 33.4 Å². The molecular formula is C8H17NO. The predicted octanol–water partition coefficient (Wildman–Crippen LogP) is 1.21. The Morgan fingerprint density at radius 1 is 1.60 bits per heavy atom. The minimum Gasteiger partial charge on any atom is -0.320 e. The van der Waals surface area contributed by atoms with E-state index in [1.54, 1.807) is 6.92 Å². The van der Waals surface area contributed by atoms with E-state index in [9.17, 15) is 4.79 Å². The molecule has 0 aromatic heterocycles. The molecule has 0 heterocycles. The summed E-state index contributed by atoms with van der Waals surface area (Å²) in [4.78, 5) is 10.7. The molecule has 0 radical (unpaired) electrons. The van der Waals surface area contributed by atoms with Crippen molar-refractivity contribution in [1.29, 1.82) is 0 Å². The van der Waals surface area contributed by atoms with Crippen molar-refractivity contribution < 1.29 is 4.79 Å². The van der Waals surface area contributed by atoms with E-state index in [1.807, 2.05) is 14.0 Å². The van der Waals surface area contributed by atoms with Gasteiger partial charge in [-0.2, -0.15) is 0 Å². The van der Waals surface area contributed by atoms with Gasteiger partial charge >= 0.3 is 0 Å². The molecule has 0 aliphatic heterocycles. The van der Waals surface area contributed by atoms with Crippen molar-refractivity contribution in [2.24, 2.45) is 5.92 Å². The van der Waals surface area contributed by atoms with Crippen molar-refractivity contribution in [3.63, 3.8) is 0 Å². The first kappa shape index (κ1) is 9.63. The maximum Gasteiger partial charge on any atom is 0.132 e. The molecule has 0 saturated carbocycles. The molecule has 0 amide bonds. The van der Waals surface area contributed by atoms with Crippen LogP contribution in [0.1, 0.15) is 26.7 Å². The van der Waals surface area contributed by atoms with Crippen LogP contribution in [0.4, 0.5) is 0 Å². The Hall–Kier alpha value is -0.370.